The molecule has 2 rings (SSSR count). The molecule has 3 N–H and O–H groups in total. The number of nitrogens with two attached hydrogens (primary N) is 1. The Balaban J connectivity index is 0.000000231. The molecule has 2 aliphatic rings. The van der Waals surface area contributed by atoms with Crippen molar-refractivity contribution in [3.63, 3.8) is 0 Å². The third-order valence-corrected chi connectivity index (χ3v) is 2.20. The van der Waals surface area contributed by atoms with Gasteiger partial charge in [-0.1, -0.05) is 13.8 Å². The van der Waals surface area contributed by atoms with E-state index < -0.39 is 0 Å². The fourth-order valence-electron chi connectivity index (χ4n) is 1.52. The number of nitrogens with one attached hydrogen (secondary N) is 1. The van der Waals surface area contributed by atoms with Crippen molar-refractivity contribution >= 4 is 0 Å². The van der Waals surface area contributed by atoms with E-state index in [2.05, 4.69) is 5.32 Å². The van der Waals surface area contributed by atoms with Crippen LogP contribution in [0.1, 0.15) is 33.1 Å². The third-order valence-electron chi connectivity index (χ3n) is 2.20. The fraction of sp³-hybridized carbons (Fsp3) is 1.00. The van der Waals surface area contributed by atoms with E-state index >= 15 is 0 Å². The molecule has 0 spiro atoms. The first-order chi connectivity index (χ1) is 4.86. The zero-order valence-corrected chi connectivity index (χ0v) is 6.93. The molecule has 1 saturated carbocycles. The second-order valence-corrected chi connectivity index (χ2v) is 2.95. The van der Waals surface area contributed by atoms with Gasteiger partial charge in [-0.2, -0.15) is 0 Å². The summed E-state index contributed by atoms with van der Waals surface area (Å²) in [7, 11) is 0. The van der Waals surface area contributed by atoms with Crippen LogP contribution in [0.3, 0.4) is 0 Å². The van der Waals surface area contributed by atoms with Gasteiger partial charge < -0.3 is 5.73 Å². The predicted octanol–water partition coefficient (Wildman–Crippen LogP) is 1.07. The predicted molar refractivity (Wildman–Crippen MR) is 43.6 cm³/mol. The van der Waals surface area contributed by atoms with Gasteiger partial charge in [-0.15, -0.1) is 0 Å². The molecule has 2 nitrogen and oxygen atoms in total. The van der Waals surface area contributed by atoms with E-state index in [9.17, 15) is 0 Å². The summed E-state index contributed by atoms with van der Waals surface area (Å²) in [6.07, 6.45) is 4.23. The van der Waals surface area contributed by atoms with Crippen LogP contribution in [-0.2, 0) is 0 Å². The Labute approximate surface area is 63.2 Å². The maximum absolute atomic E-state index is 5.64. The Morgan fingerprint density at radius 3 is 2.50 bits per heavy atom. The van der Waals surface area contributed by atoms with Gasteiger partial charge in [-0.3, -0.25) is 5.32 Å². The third kappa shape index (κ3) is 1.70. The molecule has 1 saturated heterocycles. The number of rotatable bonds is 0. The van der Waals surface area contributed by atoms with Crippen LogP contribution in [0.15, 0.2) is 0 Å². The summed E-state index contributed by atoms with van der Waals surface area (Å²) in [6, 6.07) is 0.804. The topological polar surface area (TPSA) is 38.0 Å². The Morgan fingerprint density at radius 1 is 1.30 bits per heavy atom. The molecule has 0 radical (unpaired) electrons. The normalized spacial score (nSPS) is 42.9. The highest BCUT2D eigenvalue weighted by Gasteiger charge is 2.40. The van der Waals surface area contributed by atoms with Crippen molar-refractivity contribution in [2.45, 2.75) is 45.3 Å². The Hall–Kier alpha value is -0.0800. The van der Waals surface area contributed by atoms with Crippen molar-refractivity contribution in [2.24, 2.45) is 11.7 Å². The lowest BCUT2D eigenvalue weighted by atomic mass is 10.1. The minimum absolute atomic E-state index is 0.304. The van der Waals surface area contributed by atoms with Crippen LogP contribution < -0.4 is 11.1 Å². The van der Waals surface area contributed by atoms with Crippen molar-refractivity contribution < 1.29 is 0 Å². The molecule has 2 fully saturated rings. The second-order valence-electron chi connectivity index (χ2n) is 2.95. The first-order valence-electron chi connectivity index (χ1n) is 4.38. The summed E-state index contributed by atoms with van der Waals surface area (Å²) in [5.41, 5.74) is 5.64. The highest BCUT2D eigenvalue weighted by atomic mass is 15.1. The number of fused-ring (bicyclic) bond motifs is 1. The van der Waals surface area contributed by atoms with Crippen LogP contribution >= 0.6 is 0 Å². The number of hydrogen-bond acceptors (Lipinski definition) is 2. The van der Waals surface area contributed by atoms with Gasteiger partial charge in [0.25, 0.3) is 0 Å². The quantitative estimate of drug-likeness (QED) is 0.531. The van der Waals surface area contributed by atoms with Crippen LogP contribution in [0.5, 0.6) is 0 Å². The Kier molecular flexibility index (Phi) is 2.69. The molecule has 1 heterocycles. The zero-order valence-electron chi connectivity index (χ0n) is 6.93. The molecule has 0 aromatic heterocycles. The van der Waals surface area contributed by atoms with E-state index in [1.807, 2.05) is 13.8 Å². The Bertz CT molecular complexity index is 103. The number of piperidine rings is 1. The minimum Gasteiger partial charge on any atom is -0.316 e. The van der Waals surface area contributed by atoms with Crippen molar-refractivity contribution in [1.29, 1.82) is 0 Å². The zero-order chi connectivity index (χ0) is 7.56. The van der Waals surface area contributed by atoms with Crippen molar-refractivity contribution in [3.8, 4) is 0 Å². The lowest BCUT2D eigenvalue weighted by Gasteiger charge is -2.17. The van der Waals surface area contributed by atoms with E-state index in [1.165, 1.54) is 19.3 Å². The summed E-state index contributed by atoms with van der Waals surface area (Å²) in [6.45, 7) is 4.00. The molecule has 1 aliphatic carbocycles. The standard InChI is InChI=1S/C6H12N2.C2H6/c7-6-2-1-4-3-5(4)8-6;1-2/h4-6,8H,1-3,7H2;1-2H3. The maximum atomic E-state index is 5.64. The molecular weight excluding hydrogens is 124 g/mol. The van der Waals surface area contributed by atoms with Crippen molar-refractivity contribution in [3.05, 3.63) is 0 Å². The molecule has 3 atom stereocenters. The van der Waals surface area contributed by atoms with Crippen LogP contribution in [0.4, 0.5) is 0 Å². The molecule has 10 heavy (non-hydrogen) atoms. The lowest BCUT2D eigenvalue weighted by molar-refractivity contribution is 0.401. The molecule has 0 aromatic rings. The molecule has 0 aromatic carbocycles. The second kappa shape index (κ2) is 3.35. The maximum Gasteiger partial charge on any atom is 0.0548 e. The SMILES string of the molecule is CC.NC1CCC2CC2N1. The first-order valence-corrected chi connectivity index (χ1v) is 4.38. The van der Waals surface area contributed by atoms with Crippen LogP contribution in [0.2, 0.25) is 0 Å². The van der Waals surface area contributed by atoms with E-state index in [-0.39, 0.29) is 0 Å². The monoisotopic (exact) mass is 142 g/mol. The van der Waals surface area contributed by atoms with E-state index in [0.717, 1.165) is 12.0 Å². The Morgan fingerprint density at radius 2 is 2.00 bits per heavy atom. The number of hydrogen-bond donors (Lipinski definition) is 2. The molecule has 0 bridgehead atoms. The average molecular weight is 142 g/mol. The highest BCUT2D eigenvalue weighted by molar-refractivity contribution is 4.97. The van der Waals surface area contributed by atoms with Gasteiger partial charge in [0.05, 0.1) is 6.17 Å². The average Bonchev–Trinajstić information content (AvgIpc) is 2.70. The van der Waals surface area contributed by atoms with E-state index in [0.29, 0.717) is 6.17 Å². The van der Waals surface area contributed by atoms with E-state index in [1.54, 1.807) is 0 Å². The van der Waals surface area contributed by atoms with Crippen molar-refractivity contribution in [2.75, 3.05) is 0 Å². The minimum atomic E-state index is 0.304. The van der Waals surface area contributed by atoms with Gasteiger partial charge in [0, 0.05) is 6.04 Å². The van der Waals surface area contributed by atoms with Gasteiger partial charge in [-0.25, -0.2) is 0 Å². The van der Waals surface area contributed by atoms with Crippen LogP contribution in [0, 0.1) is 5.92 Å². The van der Waals surface area contributed by atoms with Crippen molar-refractivity contribution in [1.82, 2.24) is 5.32 Å². The van der Waals surface area contributed by atoms with Gasteiger partial charge in [0.15, 0.2) is 0 Å². The molecule has 2 heteroatoms. The smallest absolute Gasteiger partial charge is 0.0548 e. The first kappa shape index (κ1) is 8.02. The molecule has 60 valence electrons. The fourth-order valence-corrected chi connectivity index (χ4v) is 1.52. The van der Waals surface area contributed by atoms with Crippen LogP contribution in [0.25, 0.3) is 0 Å². The molecule has 3 unspecified atom stereocenters. The van der Waals surface area contributed by atoms with Crippen LogP contribution in [-0.4, -0.2) is 12.2 Å². The summed E-state index contributed by atoms with van der Waals surface area (Å²) in [5.74, 6) is 0.995. The molecule has 0 amide bonds. The highest BCUT2D eigenvalue weighted by Crippen LogP contribution is 2.38. The molecular formula is C8H18N2. The van der Waals surface area contributed by atoms with E-state index in [4.69, 9.17) is 5.73 Å². The van der Waals surface area contributed by atoms with Gasteiger partial charge in [0.2, 0.25) is 0 Å². The lowest BCUT2D eigenvalue weighted by Crippen LogP contribution is -2.42. The van der Waals surface area contributed by atoms with Gasteiger partial charge >= 0.3 is 0 Å². The summed E-state index contributed by atoms with van der Waals surface area (Å²) in [5, 5.41) is 3.33. The largest absolute Gasteiger partial charge is 0.316 e. The van der Waals surface area contributed by atoms with Gasteiger partial charge in [0.1, 0.15) is 0 Å². The summed E-state index contributed by atoms with van der Waals surface area (Å²) >= 11 is 0. The van der Waals surface area contributed by atoms with Gasteiger partial charge in [-0.05, 0) is 25.2 Å². The molecule has 1 aliphatic heterocycles. The summed E-state index contributed by atoms with van der Waals surface area (Å²) < 4.78 is 0. The summed E-state index contributed by atoms with van der Waals surface area (Å²) in [4.78, 5) is 0.